The van der Waals surface area contributed by atoms with Crippen LogP contribution in [0.4, 0.5) is 23.7 Å². The van der Waals surface area contributed by atoms with Crippen LogP contribution >= 0.6 is 11.6 Å². The number of nitro benzene ring substituents is 1. The summed E-state index contributed by atoms with van der Waals surface area (Å²) in [4.78, 5) is 25.2. The molecule has 1 aromatic carbocycles. The van der Waals surface area contributed by atoms with Gasteiger partial charge in [-0.25, -0.2) is 14.3 Å². The minimum absolute atomic E-state index is 0.133. The number of alkyl halides is 3. The molecule has 23 heavy (non-hydrogen) atoms. The number of carbonyl (C=O) groups is 1. The number of nitrogens with zero attached hydrogens (tertiary/aromatic N) is 3. The van der Waals surface area contributed by atoms with Gasteiger partial charge in [0, 0.05) is 11.1 Å². The molecule has 2 aromatic rings. The van der Waals surface area contributed by atoms with Gasteiger partial charge in [0.1, 0.15) is 0 Å². The van der Waals surface area contributed by atoms with E-state index in [0.29, 0.717) is 0 Å². The van der Waals surface area contributed by atoms with Gasteiger partial charge in [-0.3, -0.25) is 10.1 Å². The van der Waals surface area contributed by atoms with Crippen molar-refractivity contribution in [1.82, 2.24) is 9.55 Å². The predicted octanol–water partition coefficient (Wildman–Crippen LogP) is 4.01. The maximum atomic E-state index is 13.1. The van der Waals surface area contributed by atoms with Crippen molar-refractivity contribution in [2.24, 2.45) is 0 Å². The second-order valence-electron chi connectivity index (χ2n) is 4.75. The summed E-state index contributed by atoms with van der Waals surface area (Å²) in [6.45, 7) is 2.89. The summed E-state index contributed by atoms with van der Waals surface area (Å²) in [6, 6.07) is 1.84. The summed E-state index contributed by atoms with van der Waals surface area (Å²) >= 11 is 5.69. The lowest BCUT2D eigenvalue weighted by Gasteiger charge is -2.12. The van der Waals surface area contributed by atoms with Crippen molar-refractivity contribution in [2.75, 3.05) is 0 Å². The molecule has 0 fully saturated rings. The molecule has 0 aliphatic rings. The van der Waals surface area contributed by atoms with Gasteiger partial charge in [-0.05, 0) is 19.9 Å². The third-order valence-corrected chi connectivity index (χ3v) is 2.89. The quantitative estimate of drug-likeness (QED) is 0.602. The Morgan fingerprint density at radius 1 is 1.43 bits per heavy atom. The van der Waals surface area contributed by atoms with Crippen LogP contribution in [0, 0.1) is 10.1 Å². The molecule has 0 amide bonds. The number of nitro groups is 1. The van der Waals surface area contributed by atoms with Gasteiger partial charge in [0.05, 0.1) is 16.5 Å². The van der Waals surface area contributed by atoms with Crippen LogP contribution in [0.3, 0.4) is 0 Å². The molecule has 0 aliphatic carbocycles. The summed E-state index contributed by atoms with van der Waals surface area (Å²) in [5.41, 5.74) is -1.80. The highest BCUT2D eigenvalue weighted by Crippen LogP contribution is 2.36. The number of halogens is 4. The molecular weight excluding hydrogens is 343 g/mol. The molecule has 0 atom stereocenters. The first-order valence-electron chi connectivity index (χ1n) is 6.17. The number of non-ortho nitro benzene ring substituents is 1. The van der Waals surface area contributed by atoms with E-state index in [9.17, 15) is 28.1 Å². The van der Waals surface area contributed by atoms with Crippen LogP contribution in [0.2, 0.25) is 5.02 Å². The van der Waals surface area contributed by atoms with Crippen LogP contribution in [0.5, 0.6) is 0 Å². The molecule has 1 aromatic heterocycles. The molecule has 0 spiro atoms. The van der Waals surface area contributed by atoms with E-state index < -0.39 is 45.8 Å². The Kier molecular flexibility index (Phi) is 4.20. The largest absolute Gasteiger partial charge is 0.450 e. The summed E-state index contributed by atoms with van der Waals surface area (Å²) in [5, 5.41) is 10.8. The van der Waals surface area contributed by atoms with Gasteiger partial charge in [0.25, 0.3) is 5.69 Å². The van der Waals surface area contributed by atoms with E-state index in [1.54, 1.807) is 0 Å². The third-order valence-electron chi connectivity index (χ3n) is 2.67. The lowest BCUT2D eigenvalue weighted by Crippen LogP contribution is -2.24. The number of imidazole rings is 1. The smallest absolute Gasteiger partial charge is 0.446 e. The Labute approximate surface area is 131 Å². The molecule has 1 heterocycles. The van der Waals surface area contributed by atoms with Gasteiger partial charge in [-0.15, -0.1) is 0 Å². The highest BCUT2D eigenvalue weighted by atomic mass is 35.5. The number of hydrogen-bond donors (Lipinski definition) is 0. The zero-order valence-electron chi connectivity index (χ0n) is 11.7. The zero-order chi connectivity index (χ0) is 17.5. The Bertz CT molecular complexity index is 801. The lowest BCUT2D eigenvalue weighted by molar-refractivity contribution is -0.383. The van der Waals surface area contributed by atoms with E-state index in [1.165, 1.54) is 13.8 Å². The number of fused-ring (bicyclic) bond motifs is 1. The molecule has 0 N–H and O–H groups in total. The van der Waals surface area contributed by atoms with Crippen LogP contribution in [0.1, 0.15) is 19.7 Å². The van der Waals surface area contributed by atoms with Crippen LogP contribution in [-0.4, -0.2) is 26.7 Å². The summed E-state index contributed by atoms with van der Waals surface area (Å²) in [6.07, 6.45) is -7.07. The first-order chi connectivity index (χ1) is 10.5. The summed E-state index contributed by atoms with van der Waals surface area (Å²) in [5.74, 6) is -1.62. The van der Waals surface area contributed by atoms with E-state index in [4.69, 9.17) is 16.3 Å². The highest BCUT2D eigenvalue weighted by Gasteiger charge is 2.41. The van der Waals surface area contributed by atoms with Crippen molar-refractivity contribution in [3.8, 4) is 0 Å². The average molecular weight is 352 g/mol. The topological polar surface area (TPSA) is 87.3 Å². The predicted molar refractivity (Wildman–Crippen MR) is 73.4 cm³/mol. The summed E-state index contributed by atoms with van der Waals surface area (Å²) in [7, 11) is 0. The van der Waals surface area contributed by atoms with Gasteiger partial charge < -0.3 is 4.74 Å². The molecule has 0 saturated carbocycles. The number of aromatic nitrogens is 2. The third kappa shape index (κ3) is 3.21. The first-order valence-corrected chi connectivity index (χ1v) is 6.54. The van der Waals surface area contributed by atoms with Crippen molar-refractivity contribution in [1.29, 1.82) is 0 Å². The Hall–Kier alpha value is -2.36. The number of carbonyl (C=O) groups excluding carboxylic acids is 1. The van der Waals surface area contributed by atoms with Gasteiger partial charge in [0.2, 0.25) is 5.82 Å². The second-order valence-corrected chi connectivity index (χ2v) is 5.19. The van der Waals surface area contributed by atoms with Crippen molar-refractivity contribution in [3.05, 3.63) is 33.1 Å². The molecule has 2 rings (SSSR count). The fourth-order valence-electron chi connectivity index (χ4n) is 1.89. The van der Waals surface area contributed by atoms with Gasteiger partial charge >= 0.3 is 12.3 Å². The molecule has 0 unspecified atom stereocenters. The number of rotatable bonds is 2. The van der Waals surface area contributed by atoms with Gasteiger partial charge in [0.15, 0.2) is 5.52 Å². The second kappa shape index (κ2) is 5.69. The van der Waals surface area contributed by atoms with E-state index in [1.807, 2.05) is 0 Å². The van der Waals surface area contributed by atoms with Crippen LogP contribution in [0.25, 0.3) is 11.0 Å². The molecule has 0 aliphatic heterocycles. The molecular formula is C12H9ClF3N3O4. The van der Waals surface area contributed by atoms with Crippen molar-refractivity contribution in [3.63, 3.8) is 0 Å². The molecule has 124 valence electrons. The maximum Gasteiger partial charge on any atom is 0.450 e. The minimum atomic E-state index is -5.02. The number of ether oxygens (including phenoxy) is 1. The van der Waals surface area contributed by atoms with Crippen LogP contribution in [-0.2, 0) is 10.9 Å². The highest BCUT2D eigenvalue weighted by molar-refractivity contribution is 6.31. The van der Waals surface area contributed by atoms with Crippen LogP contribution < -0.4 is 0 Å². The molecule has 0 bridgehead atoms. The lowest BCUT2D eigenvalue weighted by atomic mass is 10.2. The molecule has 0 saturated heterocycles. The van der Waals surface area contributed by atoms with Crippen molar-refractivity contribution < 1.29 is 27.6 Å². The normalized spacial score (nSPS) is 12.0. The molecule has 7 nitrogen and oxygen atoms in total. The van der Waals surface area contributed by atoms with E-state index in [0.717, 1.165) is 12.1 Å². The Balaban J connectivity index is 2.86. The molecule has 0 radical (unpaired) electrons. The number of hydrogen-bond acceptors (Lipinski definition) is 5. The van der Waals surface area contributed by atoms with E-state index >= 15 is 0 Å². The Morgan fingerprint density at radius 3 is 2.52 bits per heavy atom. The van der Waals surface area contributed by atoms with Gasteiger partial charge in [-0.2, -0.15) is 13.2 Å². The van der Waals surface area contributed by atoms with Crippen molar-refractivity contribution in [2.45, 2.75) is 26.1 Å². The molecule has 11 heteroatoms. The average Bonchev–Trinajstić information content (AvgIpc) is 2.75. The van der Waals surface area contributed by atoms with E-state index in [2.05, 4.69) is 4.98 Å². The number of benzene rings is 1. The fourth-order valence-corrected chi connectivity index (χ4v) is 2.10. The van der Waals surface area contributed by atoms with Crippen LogP contribution in [0.15, 0.2) is 12.1 Å². The zero-order valence-corrected chi connectivity index (χ0v) is 12.5. The summed E-state index contributed by atoms with van der Waals surface area (Å²) < 4.78 is 44.3. The fraction of sp³-hybridized carbons (Fsp3) is 0.333. The first kappa shape index (κ1) is 17.0. The maximum absolute atomic E-state index is 13.1. The standard InChI is InChI=1S/C12H9ClF3N3O4/c1-5(2)23-11(20)18-7-3-6(13)4-8(19(21)22)9(7)17-10(18)12(14,15)16/h3-5H,1-2H3. The monoisotopic (exact) mass is 351 g/mol. The SMILES string of the molecule is CC(C)OC(=O)n1c(C(F)(F)F)nc2c([N+](=O)[O-])cc(Cl)cc21. The van der Waals surface area contributed by atoms with E-state index in [-0.39, 0.29) is 9.59 Å². The van der Waals surface area contributed by atoms with Crippen molar-refractivity contribution >= 4 is 34.4 Å². The van der Waals surface area contributed by atoms with Gasteiger partial charge in [-0.1, -0.05) is 11.6 Å². The minimum Gasteiger partial charge on any atom is -0.446 e. The Morgan fingerprint density at radius 2 is 2.04 bits per heavy atom.